The normalized spacial score (nSPS) is 15.0. The number of anilines is 2. The summed E-state index contributed by atoms with van der Waals surface area (Å²) < 4.78 is 29.9. The minimum absolute atomic E-state index is 0.147. The molecule has 1 aliphatic rings. The first kappa shape index (κ1) is 26.2. The van der Waals surface area contributed by atoms with E-state index in [0.29, 0.717) is 37.5 Å². The van der Waals surface area contributed by atoms with E-state index < -0.39 is 10.0 Å². The summed E-state index contributed by atoms with van der Waals surface area (Å²) in [5.41, 5.74) is 4.43. The molecule has 1 aliphatic heterocycles. The maximum absolute atomic E-state index is 13.2. The fourth-order valence-corrected chi connectivity index (χ4v) is 6.03. The predicted molar refractivity (Wildman–Crippen MR) is 137 cm³/mol. The molecular formula is C25H39N5O3S. The number of hydrogen-bond acceptors (Lipinski definition) is 5. The van der Waals surface area contributed by atoms with E-state index in [1.54, 1.807) is 22.5 Å². The van der Waals surface area contributed by atoms with Crippen molar-refractivity contribution in [1.82, 2.24) is 14.1 Å². The summed E-state index contributed by atoms with van der Waals surface area (Å²) in [5.74, 6) is 0.345. The van der Waals surface area contributed by atoms with Crippen molar-refractivity contribution in [2.75, 3.05) is 37.4 Å². The van der Waals surface area contributed by atoms with E-state index in [2.05, 4.69) is 31.2 Å². The van der Waals surface area contributed by atoms with E-state index in [1.807, 2.05) is 30.6 Å². The highest BCUT2D eigenvalue weighted by molar-refractivity contribution is 7.89. The lowest BCUT2D eigenvalue weighted by atomic mass is 10.1. The summed E-state index contributed by atoms with van der Waals surface area (Å²) in [6, 6.07) is 4.98. The minimum atomic E-state index is -3.58. The highest BCUT2D eigenvalue weighted by atomic mass is 32.2. The average molecular weight is 490 g/mol. The third kappa shape index (κ3) is 5.99. The van der Waals surface area contributed by atoms with Gasteiger partial charge in [0.2, 0.25) is 15.9 Å². The SMILES string of the molecule is Cc1nn(CC(C)C)c(C)c1CCC(=O)Nc1cc(S(=O)(=O)N2CCCCC2)ccc1N(C)C. The molecule has 1 N–H and O–H groups in total. The van der Waals surface area contributed by atoms with Crippen molar-refractivity contribution in [2.45, 2.75) is 71.2 Å². The third-order valence-corrected chi connectivity index (χ3v) is 8.24. The zero-order valence-electron chi connectivity index (χ0n) is 21.4. The number of carbonyl (C=O) groups excluding carboxylic acids is 1. The molecule has 1 amide bonds. The second kappa shape index (κ2) is 10.9. The Morgan fingerprint density at radius 3 is 2.44 bits per heavy atom. The smallest absolute Gasteiger partial charge is 0.243 e. The first-order valence-electron chi connectivity index (χ1n) is 12.1. The number of sulfonamides is 1. The van der Waals surface area contributed by atoms with Crippen LogP contribution in [0.1, 0.15) is 56.5 Å². The monoisotopic (exact) mass is 489 g/mol. The molecule has 188 valence electrons. The Bertz CT molecular complexity index is 1120. The Morgan fingerprint density at radius 1 is 1.15 bits per heavy atom. The van der Waals surface area contributed by atoms with Gasteiger partial charge >= 0.3 is 0 Å². The number of benzene rings is 1. The van der Waals surface area contributed by atoms with Crippen LogP contribution in [0, 0.1) is 19.8 Å². The van der Waals surface area contributed by atoms with Crippen LogP contribution in [0.3, 0.4) is 0 Å². The summed E-state index contributed by atoms with van der Waals surface area (Å²) in [4.78, 5) is 15.0. The van der Waals surface area contributed by atoms with Crippen molar-refractivity contribution < 1.29 is 13.2 Å². The van der Waals surface area contributed by atoms with Crippen LogP contribution in [0.15, 0.2) is 23.1 Å². The Balaban J connectivity index is 1.77. The molecule has 0 atom stereocenters. The second-order valence-corrected chi connectivity index (χ2v) is 11.7. The van der Waals surface area contributed by atoms with Gasteiger partial charge in [-0.2, -0.15) is 9.40 Å². The lowest BCUT2D eigenvalue weighted by Crippen LogP contribution is -2.35. The molecule has 1 aromatic carbocycles. The molecule has 0 spiro atoms. The molecule has 0 saturated carbocycles. The Labute approximate surface area is 204 Å². The summed E-state index contributed by atoms with van der Waals surface area (Å²) in [7, 11) is 0.165. The van der Waals surface area contributed by atoms with Gasteiger partial charge in [-0.15, -0.1) is 0 Å². The van der Waals surface area contributed by atoms with Crippen molar-refractivity contribution in [3.05, 3.63) is 35.2 Å². The van der Waals surface area contributed by atoms with Crippen LogP contribution in [-0.2, 0) is 27.8 Å². The van der Waals surface area contributed by atoms with Crippen LogP contribution in [0.25, 0.3) is 0 Å². The number of nitrogens with zero attached hydrogens (tertiary/aromatic N) is 4. The molecule has 1 saturated heterocycles. The largest absolute Gasteiger partial charge is 0.376 e. The van der Waals surface area contributed by atoms with Gasteiger partial charge in [-0.1, -0.05) is 20.3 Å². The van der Waals surface area contributed by atoms with Gasteiger partial charge in [0.1, 0.15) is 0 Å². The van der Waals surface area contributed by atoms with E-state index in [-0.39, 0.29) is 10.8 Å². The molecule has 0 aliphatic carbocycles. The van der Waals surface area contributed by atoms with Gasteiger partial charge in [0, 0.05) is 45.8 Å². The number of aromatic nitrogens is 2. The van der Waals surface area contributed by atoms with E-state index in [1.165, 1.54) is 0 Å². The van der Waals surface area contributed by atoms with E-state index in [9.17, 15) is 13.2 Å². The van der Waals surface area contributed by atoms with Gasteiger partial charge < -0.3 is 10.2 Å². The van der Waals surface area contributed by atoms with Crippen molar-refractivity contribution in [3.63, 3.8) is 0 Å². The fraction of sp³-hybridized carbons (Fsp3) is 0.600. The van der Waals surface area contributed by atoms with Crippen LogP contribution >= 0.6 is 0 Å². The summed E-state index contributed by atoms with van der Waals surface area (Å²) in [6.07, 6.45) is 3.70. The zero-order chi connectivity index (χ0) is 25.0. The zero-order valence-corrected chi connectivity index (χ0v) is 22.2. The molecule has 8 nitrogen and oxygen atoms in total. The van der Waals surface area contributed by atoms with Crippen LogP contribution in [0.4, 0.5) is 11.4 Å². The molecule has 3 rings (SSSR count). The molecule has 34 heavy (non-hydrogen) atoms. The highest BCUT2D eigenvalue weighted by Gasteiger charge is 2.27. The summed E-state index contributed by atoms with van der Waals surface area (Å²) >= 11 is 0. The standard InChI is InChI=1S/C25H39N5O3S/c1-18(2)17-30-20(4)22(19(3)27-30)11-13-25(31)26-23-16-21(10-12-24(23)28(5)6)34(32,33)29-14-8-7-9-15-29/h10,12,16,18H,7-9,11,13-15,17H2,1-6H3,(H,26,31). The first-order chi connectivity index (χ1) is 16.0. The number of aryl methyl sites for hydroxylation is 1. The molecule has 0 unspecified atom stereocenters. The Kier molecular flexibility index (Phi) is 8.41. The van der Waals surface area contributed by atoms with Gasteiger partial charge in [-0.3, -0.25) is 9.48 Å². The van der Waals surface area contributed by atoms with Crippen molar-refractivity contribution >= 4 is 27.3 Å². The van der Waals surface area contributed by atoms with E-state index in [0.717, 1.165) is 48.4 Å². The molecule has 0 radical (unpaired) electrons. The van der Waals surface area contributed by atoms with Gasteiger partial charge in [-0.25, -0.2) is 8.42 Å². The first-order valence-corrected chi connectivity index (χ1v) is 13.6. The Hall–Kier alpha value is -2.39. The number of amides is 1. The average Bonchev–Trinajstić information content (AvgIpc) is 3.04. The van der Waals surface area contributed by atoms with E-state index >= 15 is 0 Å². The summed E-state index contributed by atoms with van der Waals surface area (Å²) in [5, 5.41) is 7.60. The fourth-order valence-electron chi connectivity index (χ4n) is 4.49. The van der Waals surface area contributed by atoms with Crippen LogP contribution < -0.4 is 10.2 Å². The lowest BCUT2D eigenvalue weighted by molar-refractivity contribution is -0.116. The maximum atomic E-state index is 13.2. The molecule has 0 bridgehead atoms. The van der Waals surface area contributed by atoms with Crippen molar-refractivity contribution in [1.29, 1.82) is 0 Å². The van der Waals surface area contributed by atoms with Gasteiger partial charge in [0.15, 0.2) is 0 Å². The highest BCUT2D eigenvalue weighted by Crippen LogP contribution is 2.30. The Morgan fingerprint density at radius 2 is 1.82 bits per heavy atom. The van der Waals surface area contributed by atoms with Gasteiger partial charge in [0.05, 0.1) is 22.0 Å². The molecule has 9 heteroatoms. The maximum Gasteiger partial charge on any atom is 0.243 e. The van der Waals surface area contributed by atoms with E-state index in [4.69, 9.17) is 0 Å². The van der Waals surface area contributed by atoms with Crippen molar-refractivity contribution in [2.24, 2.45) is 5.92 Å². The molecule has 2 heterocycles. The second-order valence-electron chi connectivity index (χ2n) is 9.81. The number of carbonyl (C=O) groups is 1. The molecule has 2 aromatic rings. The topological polar surface area (TPSA) is 87.5 Å². The van der Waals surface area contributed by atoms with Crippen LogP contribution in [-0.4, -0.2) is 55.6 Å². The lowest BCUT2D eigenvalue weighted by Gasteiger charge is -2.26. The molecule has 1 fully saturated rings. The molecular weight excluding hydrogens is 450 g/mol. The number of hydrogen-bond donors (Lipinski definition) is 1. The van der Waals surface area contributed by atoms with Crippen LogP contribution in [0.5, 0.6) is 0 Å². The molecule has 1 aromatic heterocycles. The predicted octanol–water partition coefficient (Wildman–Crippen LogP) is 3.97. The third-order valence-electron chi connectivity index (χ3n) is 6.35. The van der Waals surface area contributed by atoms with Crippen LogP contribution in [0.2, 0.25) is 0 Å². The quantitative estimate of drug-likeness (QED) is 0.576. The minimum Gasteiger partial charge on any atom is -0.376 e. The van der Waals surface area contributed by atoms with Gasteiger partial charge in [-0.05, 0) is 62.8 Å². The number of rotatable bonds is 9. The number of piperidine rings is 1. The van der Waals surface area contributed by atoms with Crippen molar-refractivity contribution in [3.8, 4) is 0 Å². The summed E-state index contributed by atoms with van der Waals surface area (Å²) in [6.45, 7) is 10.3. The van der Waals surface area contributed by atoms with Gasteiger partial charge in [0.25, 0.3) is 0 Å². The number of nitrogens with one attached hydrogen (secondary N) is 1.